The van der Waals surface area contributed by atoms with Crippen LogP contribution in [0.4, 0.5) is 5.69 Å². The minimum atomic E-state index is -3.30. The summed E-state index contributed by atoms with van der Waals surface area (Å²) in [7, 11) is -3.30. The second kappa shape index (κ2) is 8.52. The quantitative estimate of drug-likeness (QED) is 0.836. The summed E-state index contributed by atoms with van der Waals surface area (Å²) in [4.78, 5) is 14.3. The Morgan fingerprint density at radius 1 is 1.35 bits per heavy atom. The molecule has 1 saturated heterocycles. The number of anilines is 1. The maximum Gasteiger partial charge on any atom is 0.254 e. The second-order valence-corrected chi connectivity index (χ2v) is 7.39. The number of benzene rings is 1. The fourth-order valence-electron chi connectivity index (χ4n) is 2.49. The third-order valence-corrected chi connectivity index (χ3v) is 5.13. The monoisotopic (exact) mass is 361 g/mol. The predicted octanol–water partition coefficient (Wildman–Crippen LogP) is 1.69. The van der Waals surface area contributed by atoms with Crippen molar-refractivity contribution in [1.82, 2.24) is 10.2 Å². The lowest BCUT2D eigenvalue weighted by molar-refractivity contribution is 0.0656. The van der Waals surface area contributed by atoms with Gasteiger partial charge >= 0.3 is 0 Å². The third-order valence-electron chi connectivity index (χ3n) is 3.64. The van der Waals surface area contributed by atoms with E-state index in [1.807, 2.05) is 18.7 Å². The van der Waals surface area contributed by atoms with E-state index in [0.29, 0.717) is 24.2 Å². The van der Waals surface area contributed by atoms with Gasteiger partial charge in [-0.2, -0.15) is 0 Å². The van der Waals surface area contributed by atoms with Crippen molar-refractivity contribution in [2.24, 2.45) is 0 Å². The van der Waals surface area contributed by atoms with Crippen molar-refractivity contribution in [2.45, 2.75) is 26.3 Å². The molecule has 0 spiro atoms. The van der Waals surface area contributed by atoms with E-state index < -0.39 is 10.0 Å². The van der Waals surface area contributed by atoms with Gasteiger partial charge < -0.3 is 10.2 Å². The molecule has 1 aliphatic rings. The third kappa shape index (κ3) is 5.37. The molecular weight excluding hydrogens is 338 g/mol. The molecule has 6 nitrogen and oxygen atoms in total. The average molecular weight is 362 g/mol. The Morgan fingerprint density at radius 2 is 2.00 bits per heavy atom. The molecule has 0 bridgehead atoms. The minimum Gasteiger partial charge on any atom is -0.333 e. The van der Waals surface area contributed by atoms with Gasteiger partial charge in [0.25, 0.3) is 5.91 Å². The van der Waals surface area contributed by atoms with Crippen LogP contribution in [0.1, 0.15) is 30.6 Å². The number of halogens is 1. The number of nitrogens with one attached hydrogen (secondary N) is 2. The zero-order valence-electron chi connectivity index (χ0n) is 13.4. The summed E-state index contributed by atoms with van der Waals surface area (Å²) in [6, 6.07) is 6.76. The predicted molar refractivity (Wildman–Crippen MR) is 94.8 cm³/mol. The number of carbonyl (C=O) groups is 1. The highest BCUT2D eigenvalue weighted by Crippen LogP contribution is 2.15. The Labute approximate surface area is 144 Å². The van der Waals surface area contributed by atoms with Crippen LogP contribution in [0.15, 0.2) is 24.3 Å². The Bertz CT molecular complexity index is 619. The number of rotatable bonds is 5. The van der Waals surface area contributed by atoms with E-state index in [0.717, 1.165) is 13.1 Å². The Morgan fingerprint density at radius 3 is 2.57 bits per heavy atom. The number of sulfonamides is 1. The summed E-state index contributed by atoms with van der Waals surface area (Å²) in [6.45, 7) is 6.10. The first-order valence-electron chi connectivity index (χ1n) is 7.55. The number of nitrogens with zero attached hydrogens (tertiary/aromatic N) is 1. The molecule has 1 heterocycles. The van der Waals surface area contributed by atoms with Crippen LogP contribution in [-0.2, 0) is 10.0 Å². The van der Waals surface area contributed by atoms with Gasteiger partial charge in [-0.25, -0.2) is 8.42 Å². The van der Waals surface area contributed by atoms with E-state index in [-0.39, 0.29) is 30.1 Å². The SMILES string of the molecule is CCCS(=O)(=O)Nc1ccc(C(=O)N2CCNC[C@H]2C)cc1.Cl. The highest BCUT2D eigenvalue weighted by molar-refractivity contribution is 7.92. The van der Waals surface area contributed by atoms with Gasteiger partial charge in [-0.1, -0.05) is 6.92 Å². The van der Waals surface area contributed by atoms with Crippen molar-refractivity contribution >= 4 is 34.0 Å². The summed E-state index contributed by atoms with van der Waals surface area (Å²) in [6.07, 6.45) is 0.562. The standard InChI is InChI=1S/C15H23N3O3S.ClH/c1-3-10-22(20,21)17-14-6-4-13(5-7-14)15(19)18-9-8-16-11-12(18)2;/h4-7,12,16-17H,3,8-11H2,1-2H3;1H/t12-;/m1./s1. The van der Waals surface area contributed by atoms with Crippen LogP contribution in [0.25, 0.3) is 0 Å². The molecule has 0 radical (unpaired) electrons. The Kier molecular flexibility index (Phi) is 7.31. The molecule has 23 heavy (non-hydrogen) atoms. The van der Waals surface area contributed by atoms with Crippen LogP contribution in [-0.4, -0.2) is 50.7 Å². The lowest BCUT2D eigenvalue weighted by Gasteiger charge is -2.34. The molecule has 2 rings (SSSR count). The molecule has 1 aromatic rings. The van der Waals surface area contributed by atoms with Gasteiger partial charge in [-0.15, -0.1) is 12.4 Å². The van der Waals surface area contributed by atoms with Gasteiger partial charge in [0.1, 0.15) is 0 Å². The topological polar surface area (TPSA) is 78.5 Å². The van der Waals surface area contributed by atoms with Crippen LogP contribution < -0.4 is 10.0 Å². The van der Waals surface area contributed by atoms with Crippen molar-refractivity contribution in [2.75, 3.05) is 30.1 Å². The summed E-state index contributed by atoms with van der Waals surface area (Å²) in [5.74, 6) is 0.0726. The van der Waals surface area contributed by atoms with Gasteiger partial charge in [0.15, 0.2) is 0 Å². The van der Waals surface area contributed by atoms with Crippen molar-refractivity contribution < 1.29 is 13.2 Å². The van der Waals surface area contributed by atoms with E-state index in [4.69, 9.17) is 0 Å². The summed E-state index contributed by atoms with van der Waals surface area (Å²) >= 11 is 0. The Hall–Kier alpha value is -1.31. The fourth-order valence-corrected chi connectivity index (χ4v) is 3.62. The molecule has 2 N–H and O–H groups in total. The lowest BCUT2D eigenvalue weighted by Crippen LogP contribution is -2.52. The molecule has 1 aromatic carbocycles. The van der Waals surface area contributed by atoms with Crippen LogP contribution in [0.2, 0.25) is 0 Å². The first kappa shape index (κ1) is 19.7. The van der Waals surface area contributed by atoms with Crippen molar-refractivity contribution in [3.63, 3.8) is 0 Å². The van der Waals surface area contributed by atoms with E-state index in [1.54, 1.807) is 24.3 Å². The molecule has 8 heteroatoms. The van der Waals surface area contributed by atoms with Crippen molar-refractivity contribution in [3.8, 4) is 0 Å². The molecule has 0 aromatic heterocycles. The van der Waals surface area contributed by atoms with E-state index in [2.05, 4.69) is 10.0 Å². The summed E-state index contributed by atoms with van der Waals surface area (Å²) in [5.41, 5.74) is 1.06. The van der Waals surface area contributed by atoms with Gasteiger partial charge in [0.05, 0.1) is 5.75 Å². The number of piperazine rings is 1. The van der Waals surface area contributed by atoms with Crippen LogP contribution in [0.5, 0.6) is 0 Å². The lowest BCUT2D eigenvalue weighted by atomic mass is 10.1. The molecule has 0 aliphatic carbocycles. The van der Waals surface area contributed by atoms with Gasteiger partial charge in [0.2, 0.25) is 10.0 Å². The molecule has 130 valence electrons. The second-order valence-electron chi connectivity index (χ2n) is 5.55. The van der Waals surface area contributed by atoms with Gasteiger partial charge in [-0.05, 0) is 37.6 Å². The Balaban J connectivity index is 0.00000264. The molecule has 1 amide bonds. The molecule has 1 fully saturated rings. The summed E-state index contributed by atoms with van der Waals surface area (Å²) in [5, 5.41) is 3.25. The number of carbonyl (C=O) groups excluding carboxylic acids is 1. The van der Waals surface area contributed by atoms with E-state index in [9.17, 15) is 13.2 Å². The normalized spacial score (nSPS) is 18.2. The minimum absolute atomic E-state index is 0. The summed E-state index contributed by atoms with van der Waals surface area (Å²) < 4.78 is 25.9. The number of hydrogen-bond acceptors (Lipinski definition) is 4. The zero-order chi connectivity index (χ0) is 16.2. The van der Waals surface area contributed by atoms with E-state index in [1.165, 1.54) is 0 Å². The molecular formula is C15H24ClN3O3S. The molecule has 0 unspecified atom stereocenters. The van der Waals surface area contributed by atoms with Crippen molar-refractivity contribution in [3.05, 3.63) is 29.8 Å². The maximum absolute atomic E-state index is 12.5. The molecule has 1 atom stereocenters. The first-order valence-corrected chi connectivity index (χ1v) is 9.20. The molecule has 1 aliphatic heterocycles. The van der Waals surface area contributed by atoms with Gasteiger partial charge in [0, 0.05) is 36.9 Å². The maximum atomic E-state index is 12.5. The van der Waals surface area contributed by atoms with Crippen LogP contribution >= 0.6 is 12.4 Å². The van der Waals surface area contributed by atoms with Crippen molar-refractivity contribution in [1.29, 1.82) is 0 Å². The zero-order valence-corrected chi connectivity index (χ0v) is 15.0. The van der Waals surface area contributed by atoms with E-state index >= 15 is 0 Å². The van der Waals surface area contributed by atoms with Gasteiger partial charge in [-0.3, -0.25) is 9.52 Å². The average Bonchev–Trinajstić information content (AvgIpc) is 2.47. The fraction of sp³-hybridized carbons (Fsp3) is 0.533. The molecule has 0 saturated carbocycles. The number of hydrogen-bond donors (Lipinski definition) is 2. The van der Waals surface area contributed by atoms with Crippen LogP contribution in [0, 0.1) is 0 Å². The highest BCUT2D eigenvalue weighted by atomic mass is 35.5. The largest absolute Gasteiger partial charge is 0.333 e. The number of amides is 1. The van der Waals surface area contributed by atoms with Crippen LogP contribution in [0.3, 0.4) is 0 Å². The smallest absolute Gasteiger partial charge is 0.254 e. The first-order chi connectivity index (χ1) is 10.4. The highest BCUT2D eigenvalue weighted by Gasteiger charge is 2.23.